The molecule has 5 heteroatoms. The van der Waals surface area contributed by atoms with Crippen LogP contribution < -0.4 is 10.5 Å². The van der Waals surface area contributed by atoms with Crippen molar-refractivity contribution in [3.8, 4) is 5.75 Å². The molecular weight excluding hydrogens is 254 g/mol. The van der Waals surface area contributed by atoms with Crippen LogP contribution in [0.15, 0.2) is 22.7 Å². The zero-order valence-corrected chi connectivity index (χ0v) is 12.0. The molecule has 2 N–H and O–H groups in total. The Morgan fingerprint density at radius 3 is 2.85 bits per heavy atom. The summed E-state index contributed by atoms with van der Waals surface area (Å²) in [6.45, 7) is 4.04. The molecule has 1 aliphatic rings. The molecule has 1 unspecified atom stereocenters. The molecule has 20 heavy (non-hydrogen) atoms. The van der Waals surface area contributed by atoms with E-state index in [2.05, 4.69) is 16.2 Å². The second kappa shape index (κ2) is 4.59. The molecule has 3 rings (SSSR count). The molecule has 0 fully saturated rings. The summed E-state index contributed by atoms with van der Waals surface area (Å²) in [7, 11) is 1.65. The Hall–Kier alpha value is -1.88. The van der Waals surface area contributed by atoms with Gasteiger partial charge in [-0.25, -0.2) is 0 Å². The summed E-state index contributed by atoms with van der Waals surface area (Å²) >= 11 is 0. The van der Waals surface area contributed by atoms with Crippen molar-refractivity contribution in [1.29, 1.82) is 0 Å². The largest absolute Gasteiger partial charge is 0.497 e. The summed E-state index contributed by atoms with van der Waals surface area (Å²) < 4.78 is 10.6. The van der Waals surface area contributed by atoms with E-state index in [4.69, 9.17) is 15.0 Å². The smallest absolute Gasteiger partial charge is 0.229 e. The monoisotopic (exact) mass is 273 g/mol. The fourth-order valence-electron chi connectivity index (χ4n) is 2.67. The number of aryl methyl sites for hydroxylation is 1. The molecule has 0 amide bonds. The molecule has 0 saturated heterocycles. The van der Waals surface area contributed by atoms with Crippen LogP contribution in [0.5, 0.6) is 5.75 Å². The van der Waals surface area contributed by atoms with Crippen LogP contribution in [0.1, 0.15) is 49.0 Å². The Morgan fingerprint density at radius 1 is 1.40 bits per heavy atom. The van der Waals surface area contributed by atoms with E-state index in [0.29, 0.717) is 11.7 Å². The normalized spacial score (nSPS) is 21.2. The molecule has 0 aliphatic heterocycles. The third kappa shape index (κ3) is 1.89. The summed E-state index contributed by atoms with van der Waals surface area (Å²) in [5.74, 6) is 2.19. The molecule has 1 atom stereocenters. The van der Waals surface area contributed by atoms with Gasteiger partial charge in [0.1, 0.15) is 11.3 Å². The van der Waals surface area contributed by atoms with Crippen molar-refractivity contribution in [2.24, 2.45) is 5.73 Å². The maximum atomic E-state index is 6.59. The number of fused-ring (bicyclic) bond motifs is 1. The number of methoxy groups -OCH3 is 1. The number of ether oxygens (including phenoxy) is 1. The van der Waals surface area contributed by atoms with Crippen LogP contribution in [-0.4, -0.2) is 17.3 Å². The van der Waals surface area contributed by atoms with Crippen LogP contribution in [-0.2, 0) is 12.0 Å². The first-order valence-electron chi connectivity index (χ1n) is 6.85. The molecule has 2 aromatic rings. The van der Waals surface area contributed by atoms with E-state index in [9.17, 15) is 0 Å². The second-order valence-electron chi connectivity index (χ2n) is 5.61. The van der Waals surface area contributed by atoms with E-state index >= 15 is 0 Å². The maximum Gasteiger partial charge on any atom is 0.229 e. The average molecular weight is 273 g/mol. The Bertz CT molecular complexity index is 636. The SMILES string of the molecule is COc1ccc2c(c1)C(N)(c1noc(C(C)C)n1)CC2. The molecule has 1 heterocycles. The van der Waals surface area contributed by atoms with Crippen molar-refractivity contribution < 1.29 is 9.26 Å². The van der Waals surface area contributed by atoms with Crippen molar-refractivity contribution >= 4 is 0 Å². The van der Waals surface area contributed by atoms with Crippen LogP contribution in [0.25, 0.3) is 0 Å². The van der Waals surface area contributed by atoms with Gasteiger partial charge in [-0.1, -0.05) is 25.1 Å². The predicted molar refractivity (Wildman–Crippen MR) is 74.7 cm³/mol. The fraction of sp³-hybridized carbons (Fsp3) is 0.467. The minimum Gasteiger partial charge on any atom is -0.497 e. The molecule has 1 aliphatic carbocycles. The second-order valence-corrected chi connectivity index (χ2v) is 5.61. The third-order valence-corrected chi connectivity index (χ3v) is 3.92. The first-order valence-corrected chi connectivity index (χ1v) is 6.85. The van der Waals surface area contributed by atoms with Gasteiger partial charge >= 0.3 is 0 Å². The van der Waals surface area contributed by atoms with Gasteiger partial charge in [0.15, 0.2) is 5.82 Å². The van der Waals surface area contributed by atoms with E-state index in [1.807, 2.05) is 26.0 Å². The van der Waals surface area contributed by atoms with Crippen molar-refractivity contribution in [2.75, 3.05) is 7.11 Å². The van der Waals surface area contributed by atoms with Crippen molar-refractivity contribution in [3.05, 3.63) is 41.0 Å². The highest BCUT2D eigenvalue weighted by molar-refractivity contribution is 5.47. The molecule has 1 aromatic heterocycles. The highest BCUT2D eigenvalue weighted by Crippen LogP contribution is 2.40. The van der Waals surface area contributed by atoms with Crippen LogP contribution in [0.2, 0.25) is 0 Å². The number of benzene rings is 1. The summed E-state index contributed by atoms with van der Waals surface area (Å²) in [6, 6.07) is 6.00. The van der Waals surface area contributed by atoms with Crippen LogP contribution in [0.4, 0.5) is 0 Å². The van der Waals surface area contributed by atoms with E-state index in [1.165, 1.54) is 5.56 Å². The third-order valence-electron chi connectivity index (χ3n) is 3.92. The molecule has 5 nitrogen and oxygen atoms in total. The summed E-state index contributed by atoms with van der Waals surface area (Å²) in [5.41, 5.74) is 8.17. The van der Waals surface area contributed by atoms with Gasteiger partial charge in [-0.05, 0) is 36.1 Å². The van der Waals surface area contributed by atoms with Gasteiger partial charge in [0.05, 0.1) is 7.11 Å². The zero-order chi connectivity index (χ0) is 14.3. The van der Waals surface area contributed by atoms with Gasteiger partial charge in [-0.2, -0.15) is 4.98 Å². The first kappa shape index (κ1) is 13.1. The van der Waals surface area contributed by atoms with Crippen molar-refractivity contribution in [1.82, 2.24) is 10.1 Å². The molecule has 1 aromatic carbocycles. The van der Waals surface area contributed by atoms with Crippen molar-refractivity contribution in [3.63, 3.8) is 0 Å². The Labute approximate surface area is 118 Å². The number of hydrogen-bond acceptors (Lipinski definition) is 5. The van der Waals surface area contributed by atoms with E-state index in [-0.39, 0.29) is 5.92 Å². The van der Waals surface area contributed by atoms with Gasteiger partial charge in [0, 0.05) is 5.92 Å². The molecule has 0 saturated carbocycles. The number of hydrogen-bond donors (Lipinski definition) is 1. The number of nitrogens with two attached hydrogens (primary N) is 1. The van der Waals surface area contributed by atoms with Crippen LogP contribution in [0, 0.1) is 0 Å². The molecular formula is C15H19N3O2. The number of rotatable bonds is 3. The highest BCUT2D eigenvalue weighted by Gasteiger charge is 2.41. The summed E-state index contributed by atoms with van der Waals surface area (Å²) in [6.07, 6.45) is 1.70. The quantitative estimate of drug-likeness (QED) is 0.929. The lowest BCUT2D eigenvalue weighted by atomic mass is 9.92. The van der Waals surface area contributed by atoms with Gasteiger partial charge in [0.25, 0.3) is 0 Å². The first-order chi connectivity index (χ1) is 9.54. The lowest BCUT2D eigenvalue weighted by Gasteiger charge is -2.21. The predicted octanol–water partition coefficient (Wildman–Crippen LogP) is 2.35. The Balaban J connectivity index is 2.06. The van der Waals surface area contributed by atoms with Crippen LogP contribution in [0.3, 0.4) is 0 Å². The van der Waals surface area contributed by atoms with Gasteiger partial charge in [-0.3, -0.25) is 0 Å². The topological polar surface area (TPSA) is 74.2 Å². The van der Waals surface area contributed by atoms with Crippen LogP contribution >= 0.6 is 0 Å². The van der Waals surface area contributed by atoms with E-state index in [1.54, 1.807) is 7.11 Å². The zero-order valence-electron chi connectivity index (χ0n) is 12.0. The highest BCUT2D eigenvalue weighted by atomic mass is 16.5. The molecule has 0 bridgehead atoms. The minimum atomic E-state index is -0.680. The molecule has 0 radical (unpaired) electrons. The fourth-order valence-corrected chi connectivity index (χ4v) is 2.67. The van der Waals surface area contributed by atoms with E-state index in [0.717, 1.165) is 24.2 Å². The average Bonchev–Trinajstić information content (AvgIpc) is 3.05. The van der Waals surface area contributed by atoms with Gasteiger partial charge in [0.2, 0.25) is 5.89 Å². The lowest BCUT2D eigenvalue weighted by Crippen LogP contribution is -2.36. The number of nitrogens with zero attached hydrogens (tertiary/aromatic N) is 2. The standard InChI is InChI=1S/C15H19N3O2/c1-9(2)13-17-14(18-20-13)15(16)7-6-10-4-5-11(19-3)8-12(10)15/h4-5,8-9H,6-7,16H2,1-3H3. The Kier molecular flexibility index (Phi) is 3.01. The number of aromatic nitrogens is 2. The lowest BCUT2D eigenvalue weighted by molar-refractivity contribution is 0.350. The van der Waals surface area contributed by atoms with Gasteiger partial charge < -0.3 is 15.0 Å². The Morgan fingerprint density at radius 2 is 2.20 bits per heavy atom. The molecule has 106 valence electrons. The summed E-state index contributed by atoms with van der Waals surface area (Å²) in [4.78, 5) is 4.47. The van der Waals surface area contributed by atoms with Gasteiger partial charge in [-0.15, -0.1) is 0 Å². The minimum absolute atomic E-state index is 0.200. The maximum absolute atomic E-state index is 6.59. The van der Waals surface area contributed by atoms with E-state index < -0.39 is 5.54 Å². The summed E-state index contributed by atoms with van der Waals surface area (Å²) in [5, 5.41) is 4.09. The molecule has 0 spiro atoms. The van der Waals surface area contributed by atoms with Crippen molar-refractivity contribution in [2.45, 2.75) is 38.1 Å².